The molecule has 5 heteroatoms. The number of nitriles is 1. The average Bonchev–Trinajstić information content (AvgIpc) is 2.37. The van der Waals surface area contributed by atoms with E-state index in [0.29, 0.717) is 5.56 Å². The van der Waals surface area contributed by atoms with Crippen LogP contribution < -0.4 is 5.32 Å². The summed E-state index contributed by atoms with van der Waals surface area (Å²) in [5.74, 6) is -0.407. The molecule has 0 atom stereocenters. The molecule has 0 bridgehead atoms. The van der Waals surface area contributed by atoms with Crippen LogP contribution >= 0.6 is 11.6 Å². The number of aromatic nitrogens is 1. The quantitative estimate of drug-likeness (QED) is 0.839. The van der Waals surface area contributed by atoms with Crippen molar-refractivity contribution in [2.24, 2.45) is 0 Å². The third-order valence-corrected chi connectivity index (χ3v) is 2.93. The van der Waals surface area contributed by atoms with E-state index in [4.69, 9.17) is 16.9 Å². The molecule has 0 spiro atoms. The molecule has 0 saturated heterocycles. The fourth-order valence-corrected chi connectivity index (χ4v) is 2.00. The van der Waals surface area contributed by atoms with Crippen molar-refractivity contribution in [2.75, 3.05) is 5.32 Å². The third-order valence-electron chi connectivity index (χ3n) is 2.72. The molecule has 0 saturated carbocycles. The van der Waals surface area contributed by atoms with Gasteiger partial charge in [-0.25, -0.2) is 9.37 Å². The SMILES string of the molecule is Cc1cc(C#N)cc(C)c1Nc1nc(Cl)ccc1F. The number of halogens is 2. The zero-order chi connectivity index (χ0) is 14.0. The second-order valence-corrected chi connectivity index (χ2v) is 4.57. The molecule has 0 aliphatic carbocycles. The van der Waals surface area contributed by atoms with Crippen molar-refractivity contribution < 1.29 is 4.39 Å². The molecule has 3 nitrogen and oxygen atoms in total. The molecule has 0 aliphatic rings. The maximum Gasteiger partial charge on any atom is 0.168 e. The lowest BCUT2D eigenvalue weighted by molar-refractivity contribution is 0.626. The lowest BCUT2D eigenvalue weighted by Gasteiger charge is -2.13. The number of hydrogen-bond acceptors (Lipinski definition) is 3. The Bertz CT molecular complexity index is 654. The molecule has 0 unspecified atom stereocenters. The molecule has 2 rings (SSSR count). The Balaban J connectivity index is 2.44. The fourth-order valence-electron chi connectivity index (χ4n) is 1.85. The highest BCUT2D eigenvalue weighted by atomic mass is 35.5. The summed E-state index contributed by atoms with van der Waals surface area (Å²) in [7, 11) is 0. The fraction of sp³-hybridized carbons (Fsp3) is 0.143. The van der Waals surface area contributed by atoms with E-state index in [2.05, 4.69) is 16.4 Å². The minimum absolute atomic E-state index is 0.0726. The van der Waals surface area contributed by atoms with Gasteiger partial charge in [0.05, 0.1) is 11.6 Å². The van der Waals surface area contributed by atoms with Crippen molar-refractivity contribution in [3.05, 3.63) is 51.9 Å². The van der Waals surface area contributed by atoms with Crippen LogP contribution in [0.15, 0.2) is 24.3 Å². The van der Waals surface area contributed by atoms with Crippen molar-refractivity contribution in [3.8, 4) is 6.07 Å². The Morgan fingerprint density at radius 2 is 1.89 bits per heavy atom. The molecule has 1 aromatic carbocycles. The molecule has 1 aromatic heterocycles. The van der Waals surface area contributed by atoms with E-state index < -0.39 is 5.82 Å². The molecule has 0 radical (unpaired) electrons. The van der Waals surface area contributed by atoms with Gasteiger partial charge in [-0.3, -0.25) is 0 Å². The minimum atomic E-state index is -0.479. The molecule has 1 N–H and O–H groups in total. The number of anilines is 2. The highest BCUT2D eigenvalue weighted by Gasteiger charge is 2.10. The molecule has 96 valence electrons. The minimum Gasteiger partial charge on any atom is -0.337 e. The standard InChI is InChI=1S/C14H11ClFN3/c1-8-5-10(7-17)6-9(2)13(8)19-14-11(16)3-4-12(15)18-14/h3-6H,1-2H3,(H,18,19). The summed E-state index contributed by atoms with van der Waals surface area (Å²) in [6.07, 6.45) is 0. The summed E-state index contributed by atoms with van der Waals surface area (Å²) in [6.45, 7) is 3.69. The Morgan fingerprint density at radius 3 is 2.47 bits per heavy atom. The first-order chi connectivity index (χ1) is 9.01. The van der Waals surface area contributed by atoms with Crippen molar-refractivity contribution in [2.45, 2.75) is 13.8 Å². The van der Waals surface area contributed by atoms with E-state index in [-0.39, 0.29) is 11.0 Å². The van der Waals surface area contributed by atoms with Crippen LogP contribution in [0.3, 0.4) is 0 Å². The van der Waals surface area contributed by atoms with E-state index in [9.17, 15) is 4.39 Å². The van der Waals surface area contributed by atoms with E-state index in [0.717, 1.165) is 16.8 Å². The molecule has 0 amide bonds. The number of pyridine rings is 1. The van der Waals surface area contributed by atoms with Gasteiger partial charge in [0.1, 0.15) is 5.15 Å². The Morgan fingerprint density at radius 1 is 1.26 bits per heavy atom. The first-order valence-corrected chi connectivity index (χ1v) is 5.99. The first kappa shape index (κ1) is 13.3. The van der Waals surface area contributed by atoms with Gasteiger partial charge in [-0.15, -0.1) is 0 Å². The van der Waals surface area contributed by atoms with E-state index in [1.807, 2.05) is 13.8 Å². The van der Waals surface area contributed by atoms with E-state index in [1.54, 1.807) is 12.1 Å². The van der Waals surface area contributed by atoms with Crippen LogP contribution in [0.2, 0.25) is 5.15 Å². The largest absolute Gasteiger partial charge is 0.337 e. The van der Waals surface area contributed by atoms with Gasteiger partial charge < -0.3 is 5.32 Å². The highest BCUT2D eigenvalue weighted by Crippen LogP contribution is 2.27. The zero-order valence-electron chi connectivity index (χ0n) is 10.5. The average molecular weight is 276 g/mol. The van der Waals surface area contributed by atoms with Crippen LogP contribution in [-0.2, 0) is 0 Å². The van der Waals surface area contributed by atoms with Gasteiger partial charge in [-0.2, -0.15) is 5.26 Å². The van der Waals surface area contributed by atoms with Crippen LogP contribution in [0.5, 0.6) is 0 Å². The molecule has 0 aliphatic heterocycles. The topological polar surface area (TPSA) is 48.7 Å². The summed E-state index contributed by atoms with van der Waals surface area (Å²) < 4.78 is 13.6. The van der Waals surface area contributed by atoms with Gasteiger partial charge in [0.15, 0.2) is 11.6 Å². The van der Waals surface area contributed by atoms with Crippen molar-refractivity contribution in [1.29, 1.82) is 5.26 Å². The molecular weight excluding hydrogens is 265 g/mol. The van der Waals surface area contributed by atoms with E-state index in [1.165, 1.54) is 12.1 Å². The normalized spacial score (nSPS) is 10.1. The molecule has 1 heterocycles. The maximum absolute atomic E-state index is 13.6. The number of aryl methyl sites for hydroxylation is 2. The van der Waals surface area contributed by atoms with Crippen molar-refractivity contribution in [3.63, 3.8) is 0 Å². The molecular formula is C14H11ClFN3. The van der Waals surface area contributed by atoms with Gasteiger partial charge in [0, 0.05) is 5.69 Å². The number of hydrogen-bond donors (Lipinski definition) is 1. The number of benzene rings is 1. The van der Waals surface area contributed by atoms with Gasteiger partial charge in [0.25, 0.3) is 0 Å². The maximum atomic E-state index is 13.6. The van der Waals surface area contributed by atoms with Gasteiger partial charge in [-0.05, 0) is 49.2 Å². The smallest absolute Gasteiger partial charge is 0.168 e. The zero-order valence-corrected chi connectivity index (χ0v) is 11.2. The predicted octanol–water partition coefficient (Wildman–Crippen LogP) is 4.11. The molecule has 0 fully saturated rings. The summed E-state index contributed by atoms with van der Waals surface area (Å²) in [4.78, 5) is 3.91. The molecule has 19 heavy (non-hydrogen) atoms. The van der Waals surface area contributed by atoms with Crippen molar-refractivity contribution >= 4 is 23.1 Å². The highest BCUT2D eigenvalue weighted by molar-refractivity contribution is 6.29. The Hall–Kier alpha value is -2.12. The van der Waals surface area contributed by atoms with Gasteiger partial charge >= 0.3 is 0 Å². The summed E-state index contributed by atoms with van der Waals surface area (Å²) >= 11 is 5.75. The lowest BCUT2D eigenvalue weighted by atomic mass is 10.0. The monoisotopic (exact) mass is 275 g/mol. The summed E-state index contributed by atoms with van der Waals surface area (Å²) in [5.41, 5.74) is 2.99. The van der Waals surface area contributed by atoms with Gasteiger partial charge in [-0.1, -0.05) is 11.6 Å². The Labute approximate surface area is 115 Å². The lowest BCUT2D eigenvalue weighted by Crippen LogP contribution is -2.01. The Kier molecular flexibility index (Phi) is 3.68. The van der Waals surface area contributed by atoms with Crippen LogP contribution in [0.1, 0.15) is 16.7 Å². The van der Waals surface area contributed by atoms with E-state index >= 15 is 0 Å². The van der Waals surface area contributed by atoms with Crippen LogP contribution in [0.4, 0.5) is 15.9 Å². The summed E-state index contributed by atoms with van der Waals surface area (Å²) in [5, 5.41) is 12.0. The number of rotatable bonds is 2. The second kappa shape index (κ2) is 5.25. The van der Waals surface area contributed by atoms with Gasteiger partial charge in [0.2, 0.25) is 0 Å². The first-order valence-electron chi connectivity index (χ1n) is 5.61. The third kappa shape index (κ3) is 2.83. The van der Waals surface area contributed by atoms with Crippen molar-refractivity contribution in [1.82, 2.24) is 4.98 Å². The van der Waals surface area contributed by atoms with Crippen LogP contribution in [0.25, 0.3) is 0 Å². The predicted molar refractivity (Wildman–Crippen MR) is 73.1 cm³/mol. The number of nitrogens with one attached hydrogen (secondary N) is 1. The van der Waals surface area contributed by atoms with Crippen LogP contribution in [-0.4, -0.2) is 4.98 Å². The second-order valence-electron chi connectivity index (χ2n) is 4.19. The summed E-state index contributed by atoms with van der Waals surface area (Å²) in [6, 6.07) is 8.19. The molecule has 2 aromatic rings. The number of nitrogens with zero attached hydrogens (tertiary/aromatic N) is 2. The van der Waals surface area contributed by atoms with Crippen LogP contribution in [0, 0.1) is 31.0 Å².